The molecule has 0 bridgehead atoms. The lowest BCUT2D eigenvalue weighted by Crippen LogP contribution is -2.36. The highest BCUT2D eigenvalue weighted by atomic mass is 16.1. The Kier molecular flexibility index (Phi) is 5.31. The predicted octanol–water partition coefficient (Wildman–Crippen LogP) is 3.87. The average molecular weight is 322 g/mol. The van der Waals surface area contributed by atoms with Crippen molar-refractivity contribution in [3.05, 3.63) is 70.8 Å². The summed E-state index contributed by atoms with van der Waals surface area (Å²) in [7, 11) is 0. The standard InChI is InChI=1S/C21H26N2O/c1-16-5-9-18(10-6-16)20(23-13-3-4-14-23)15-22-21(24)19-11-7-17(2)8-12-19/h5-12,20H,3-4,13-15H2,1-2H3,(H,22,24)/t20-/m1/s1. The summed E-state index contributed by atoms with van der Waals surface area (Å²) in [5.74, 6) is 0.00584. The van der Waals surface area contributed by atoms with Crippen molar-refractivity contribution in [2.75, 3.05) is 19.6 Å². The number of carbonyl (C=O) groups excluding carboxylic acids is 1. The molecular weight excluding hydrogens is 296 g/mol. The van der Waals surface area contributed by atoms with Crippen LogP contribution in [0.4, 0.5) is 0 Å². The van der Waals surface area contributed by atoms with Crippen LogP contribution in [0.2, 0.25) is 0 Å². The second-order valence-corrected chi connectivity index (χ2v) is 6.75. The molecule has 1 N–H and O–H groups in total. The molecule has 0 unspecified atom stereocenters. The number of rotatable bonds is 5. The topological polar surface area (TPSA) is 32.3 Å². The third kappa shape index (κ3) is 4.04. The van der Waals surface area contributed by atoms with E-state index < -0.39 is 0 Å². The van der Waals surface area contributed by atoms with Crippen LogP contribution in [-0.2, 0) is 0 Å². The minimum atomic E-state index is 0.00584. The van der Waals surface area contributed by atoms with Gasteiger partial charge in [-0.05, 0) is 57.5 Å². The number of likely N-dealkylation sites (tertiary alicyclic amines) is 1. The van der Waals surface area contributed by atoms with Crippen LogP contribution in [0.5, 0.6) is 0 Å². The van der Waals surface area contributed by atoms with Gasteiger partial charge in [-0.3, -0.25) is 9.69 Å². The Bertz CT molecular complexity index is 670. The molecule has 1 heterocycles. The molecule has 126 valence electrons. The molecule has 0 aliphatic carbocycles. The van der Waals surface area contributed by atoms with Crippen molar-refractivity contribution >= 4 is 5.91 Å². The number of benzene rings is 2. The second kappa shape index (κ2) is 7.63. The molecule has 1 fully saturated rings. The van der Waals surface area contributed by atoms with Crippen molar-refractivity contribution in [2.24, 2.45) is 0 Å². The number of amides is 1. The monoisotopic (exact) mass is 322 g/mol. The third-order valence-corrected chi connectivity index (χ3v) is 4.81. The molecule has 1 amide bonds. The molecular formula is C21H26N2O. The first-order valence-electron chi connectivity index (χ1n) is 8.79. The number of hydrogen-bond donors (Lipinski definition) is 1. The van der Waals surface area contributed by atoms with E-state index in [4.69, 9.17) is 0 Å². The van der Waals surface area contributed by atoms with Gasteiger partial charge in [0, 0.05) is 12.1 Å². The maximum Gasteiger partial charge on any atom is 0.251 e. The van der Waals surface area contributed by atoms with E-state index in [0.717, 1.165) is 18.7 Å². The summed E-state index contributed by atoms with van der Waals surface area (Å²) in [6, 6.07) is 16.7. The summed E-state index contributed by atoms with van der Waals surface area (Å²) < 4.78 is 0. The number of nitrogens with one attached hydrogen (secondary N) is 1. The zero-order valence-electron chi connectivity index (χ0n) is 14.6. The second-order valence-electron chi connectivity index (χ2n) is 6.75. The number of hydrogen-bond acceptors (Lipinski definition) is 2. The lowest BCUT2D eigenvalue weighted by molar-refractivity contribution is 0.0938. The zero-order chi connectivity index (χ0) is 16.9. The lowest BCUT2D eigenvalue weighted by Gasteiger charge is -2.28. The van der Waals surface area contributed by atoms with Crippen LogP contribution in [0.3, 0.4) is 0 Å². The van der Waals surface area contributed by atoms with Crippen molar-refractivity contribution in [1.29, 1.82) is 0 Å². The van der Waals surface area contributed by atoms with E-state index in [-0.39, 0.29) is 11.9 Å². The molecule has 3 nitrogen and oxygen atoms in total. The van der Waals surface area contributed by atoms with Crippen molar-refractivity contribution in [3.8, 4) is 0 Å². The first-order chi connectivity index (χ1) is 11.6. The van der Waals surface area contributed by atoms with Crippen molar-refractivity contribution in [3.63, 3.8) is 0 Å². The lowest BCUT2D eigenvalue weighted by atomic mass is 10.0. The minimum Gasteiger partial charge on any atom is -0.350 e. The fourth-order valence-corrected chi connectivity index (χ4v) is 3.30. The fraction of sp³-hybridized carbons (Fsp3) is 0.381. The van der Waals surface area contributed by atoms with E-state index >= 15 is 0 Å². The predicted molar refractivity (Wildman–Crippen MR) is 98.2 cm³/mol. The molecule has 1 saturated heterocycles. The van der Waals surface area contributed by atoms with Crippen LogP contribution in [0, 0.1) is 13.8 Å². The highest BCUT2D eigenvalue weighted by Gasteiger charge is 2.24. The van der Waals surface area contributed by atoms with E-state index in [1.54, 1.807) is 0 Å². The molecule has 1 aliphatic rings. The van der Waals surface area contributed by atoms with Crippen molar-refractivity contribution in [1.82, 2.24) is 10.2 Å². The van der Waals surface area contributed by atoms with Gasteiger partial charge < -0.3 is 5.32 Å². The summed E-state index contributed by atoms with van der Waals surface area (Å²) in [6.07, 6.45) is 2.49. The fourth-order valence-electron chi connectivity index (χ4n) is 3.30. The number of aryl methyl sites for hydroxylation is 2. The first kappa shape index (κ1) is 16.7. The van der Waals surface area contributed by atoms with Crippen LogP contribution in [0.1, 0.15) is 45.9 Å². The Morgan fingerprint density at radius 1 is 0.958 bits per heavy atom. The Morgan fingerprint density at radius 3 is 2.08 bits per heavy atom. The van der Waals surface area contributed by atoms with Gasteiger partial charge in [0.1, 0.15) is 0 Å². The molecule has 0 saturated carbocycles. The maximum absolute atomic E-state index is 12.4. The van der Waals surface area contributed by atoms with Gasteiger partial charge in [-0.2, -0.15) is 0 Å². The van der Waals surface area contributed by atoms with Gasteiger partial charge in [0.05, 0.1) is 6.04 Å². The molecule has 1 atom stereocenters. The summed E-state index contributed by atoms with van der Waals surface area (Å²) >= 11 is 0. The van der Waals surface area contributed by atoms with Gasteiger partial charge in [0.2, 0.25) is 0 Å². The van der Waals surface area contributed by atoms with Gasteiger partial charge in [-0.25, -0.2) is 0 Å². The molecule has 0 aromatic heterocycles. The van der Waals surface area contributed by atoms with E-state index in [1.165, 1.54) is 29.5 Å². The molecule has 2 aromatic rings. The first-order valence-corrected chi connectivity index (χ1v) is 8.79. The zero-order valence-corrected chi connectivity index (χ0v) is 14.6. The molecule has 3 heteroatoms. The minimum absolute atomic E-state index is 0.00584. The largest absolute Gasteiger partial charge is 0.350 e. The van der Waals surface area contributed by atoms with Gasteiger partial charge in [0.15, 0.2) is 0 Å². The van der Waals surface area contributed by atoms with Crippen molar-refractivity contribution < 1.29 is 4.79 Å². The van der Waals surface area contributed by atoms with E-state index in [9.17, 15) is 4.79 Å². The van der Waals surface area contributed by atoms with Crippen LogP contribution < -0.4 is 5.32 Å². The average Bonchev–Trinajstić information content (AvgIpc) is 3.11. The van der Waals surface area contributed by atoms with Crippen molar-refractivity contribution in [2.45, 2.75) is 32.7 Å². The number of carbonyl (C=O) groups is 1. The van der Waals surface area contributed by atoms with Crippen LogP contribution >= 0.6 is 0 Å². The summed E-state index contributed by atoms with van der Waals surface area (Å²) in [5, 5.41) is 3.13. The Labute approximate surface area is 144 Å². The van der Waals surface area contributed by atoms with E-state index in [1.807, 2.05) is 31.2 Å². The highest BCUT2D eigenvalue weighted by Crippen LogP contribution is 2.25. The normalized spacial score (nSPS) is 16.1. The molecule has 0 spiro atoms. The molecule has 3 rings (SSSR count). The third-order valence-electron chi connectivity index (χ3n) is 4.81. The number of nitrogens with zero attached hydrogens (tertiary/aromatic N) is 1. The summed E-state index contributed by atoms with van der Waals surface area (Å²) in [4.78, 5) is 14.9. The summed E-state index contributed by atoms with van der Waals surface area (Å²) in [5.41, 5.74) is 4.44. The van der Waals surface area contributed by atoms with Crippen LogP contribution in [0.15, 0.2) is 48.5 Å². The van der Waals surface area contributed by atoms with Gasteiger partial charge >= 0.3 is 0 Å². The summed E-state index contributed by atoms with van der Waals surface area (Å²) in [6.45, 7) is 7.00. The molecule has 24 heavy (non-hydrogen) atoms. The molecule has 2 aromatic carbocycles. The van der Waals surface area contributed by atoms with Gasteiger partial charge in [-0.15, -0.1) is 0 Å². The van der Waals surface area contributed by atoms with E-state index in [2.05, 4.69) is 41.4 Å². The Morgan fingerprint density at radius 2 is 1.50 bits per heavy atom. The maximum atomic E-state index is 12.4. The Balaban J connectivity index is 1.70. The molecule has 1 aliphatic heterocycles. The van der Waals surface area contributed by atoms with Crippen LogP contribution in [0.25, 0.3) is 0 Å². The van der Waals surface area contributed by atoms with Gasteiger partial charge in [-0.1, -0.05) is 47.5 Å². The van der Waals surface area contributed by atoms with Gasteiger partial charge in [0.25, 0.3) is 5.91 Å². The van der Waals surface area contributed by atoms with Crippen LogP contribution in [-0.4, -0.2) is 30.4 Å². The smallest absolute Gasteiger partial charge is 0.251 e. The van der Waals surface area contributed by atoms with E-state index in [0.29, 0.717) is 6.54 Å². The Hall–Kier alpha value is -2.13. The molecule has 0 radical (unpaired) electrons. The quantitative estimate of drug-likeness (QED) is 0.906. The SMILES string of the molecule is Cc1ccc(C(=O)NC[C@H](c2ccc(C)cc2)N2CCCC2)cc1. The highest BCUT2D eigenvalue weighted by molar-refractivity contribution is 5.94.